The quantitative estimate of drug-likeness (QED) is 0.0396. The fraction of sp³-hybridized carbons (Fsp3) is 0. The van der Waals surface area contributed by atoms with Crippen molar-refractivity contribution in [1.82, 2.24) is 0 Å². The van der Waals surface area contributed by atoms with E-state index < -0.39 is 141 Å². The van der Waals surface area contributed by atoms with Gasteiger partial charge in [-0.2, -0.15) is 20.5 Å². The Labute approximate surface area is 631 Å². The predicted octanol–water partition coefficient (Wildman–Crippen LogP) is -9.84. The summed E-state index contributed by atoms with van der Waals surface area (Å²) < 4.78 is 217. The maximum absolute atomic E-state index is 13.2. The summed E-state index contributed by atoms with van der Waals surface area (Å²) in [7, 11) is -31.6. The Morgan fingerprint density at radius 1 is 0.341 bits per heavy atom. The molecule has 424 valence electrons. The van der Waals surface area contributed by atoms with Crippen LogP contribution in [0, 0.1) is 0 Å². The van der Waals surface area contributed by atoms with Crippen LogP contribution in [0.3, 0.4) is 0 Å². The van der Waals surface area contributed by atoms with Gasteiger partial charge in [-0.25, -0.2) is 55.3 Å². The van der Waals surface area contributed by atoms with Crippen LogP contribution >= 0.6 is 0 Å². The van der Waals surface area contributed by atoms with E-state index in [1.807, 2.05) is 0 Å². The van der Waals surface area contributed by atoms with Gasteiger partial charge in [-0.3, -0.25) is 0 Å². The molecule has 0 atom stereocenters. The van der Waals surface area contributed by atoms with Crippen molar-refractivity contribution < 1.29 is 270 Å². The molecule has 0 aliphatic heterocycles. The number of carbonyl (C=O) groups excluding carboxylic acids is 1. The molecule has 43 heteroatoms. The number of rotatable bonds is 16. The molecule has 31 nitrogen and oxygen atoms in total. The smallest absolute Gasteiger partial charge is 0.744 e. The molecule has 88 heavy (non-hydrogen) atoms. The molecule has 0 aliphatic carbocycles. The number of hydrogen-bond acceptors (Lipinski definition) is 29. The number of fused-ring (bicyclic) bond motifs is 2. The Morgan fingerprint density at radius 3 is 0.943 bits per heavy atom. The molecule has 4 N–H and O–H groups in total. The van der Waals surface area contributed by atoms with Crippen molar-refractivity contribution in [1.29, 1.82) is 0 Å². The number of nitrogens with zero attached hydrogens (tertiary/aromatic N) is 8. The molecule has 0 aromatic heterocycles. The maximum Gasteiger partial charge on any atom is 1.00 e. The SMILES string of the molecule is O=C(Nc1ccc2c(S(=O)(=O)[O-])c(N=Nc3ccc(N=Nc4ccc(S(=O)(=O)[O-])cc4)cc3S(=O)(=O)[O-])c(O)cc2c1)Nc1ccc2c(S(=O)(=O)[O-])c(N=Nc3ccc(N=Nc4ccc(S(=O)(=O)[O-])cc4)cc3S(=O)(=O)[O-])c(O)cc2c1.[Na+].[Na+].[Na+].[Na+].[Na+].[Na+]. The number of benzene rings is 8. The van der Waals surface area contributed by atoms with E-state index in [0.29, 0.717) is 12.1 Å². The van der Waals surface area contributed by atoms with Gasteiger partial charge in [0, 0.05) is 22.1 Å². The number of carbonyl (C=O) groups is 1. The van der Waals surface area contributed by atoms with Crippen LogP contribution in [0.1, 0.15) is 0 Å². The number of phenolic OH excluding ortho intramolecular Hbond substituents is 2. The molecule has 2 amide bonds. The molecule has 8 rings (SSSR count). The molecule has 0 heterocycles. The summed E-state index contributed by atoms with van der Waals surface area (Å²) in [6, 6.07) is 20.6. The Morgan fingerprint density at radius 2 is 0.648 bits per heavy atom. The summed E-state index contributed by atoms with van der Waals surface area (Å²) in [6.07, 6.45) is 0. The number of aromatic hydroxyl groups is 2. The van der Waals surface area contributed by atoms with Gasteiger partial charge >= 0.3 is 183 Å². The second kappa shape index (κ2) is 32.2. The van der Waals surface area contributed by atoms with Crippen molar-refractivity contribution in [2.45, 2.75) is 29.4 Å². The molecule has 0 unspecified atom stereocenters. The zero-order valence-electron chi connectivity index (χ0n) is 45.9. The summed E-state index contributed by atoms with van der Waals surface area (Å²) >= 11 is 0. The van der Waals surface area contributed by atoms with Gasteiger partial charge in [0.25, 0.3) is 0 Å². The van der Waals surface area contributed by atoms with Gasteiger partial charge in [0.2, 0.25) is 0 Å². The van der Waals surface area contributed by atoms with Gasteiger partial charge in [-0.15, -0.1) is 20.5 Å². The second-order valence-electron chi connectivity index (χ2n) is 16.4. The minimum Gasteiger partial charge on any atom is -0.744 e. The topological polar surface area (TPSA) is 524 Å². The van der Waals surface area contributed by atoms with Crippen LogP contribution < -0.4 is 188 Å². The molecular formula is C45H26N10Na6O21S6. The van der Waals surface area contributed by atoms with Gasteiger partial charge in [0.15, 0.2) is 0 Å². The van der Waals surface area contributed by atoms with Crippen LogP contribution in [0.25, 0.3) is 21.5 Å². The fourth-order valence-electron chi connectivity index (χ4n) is 7.34. The van der Waals surface area contributed by atoms with Crippen molar-refractivity contribution in [2.75, 3.05) is 10.6 Å². The van der Waals surface area contributed by atoms with Crippen LogP contribution in [0.15, 0.2) is 204 Å². The number of nitrogens with one attached hydrogen (secondary N) is 2. The first-order chi connectivity index (χ1) is 38.1. The molecule has 8 aromatic rings. The van der Waals surface area contributed by atoms with Gasteiger partial charge in [0.1, 0.15) is 95.0 Å². The average molecular weight is 1370 g/mol. The second-order valence-corrected chi connectivity index (χ2v) is 24.5. The van der Waals surface area contributed by atoms with Crippen LogP contribution in [0.5, 0.6) is 11.5 Å². The van der Waals surface area contributed by atoms with Crippen molar-refractivity contribution >= 4 is 145 Å². The third-order valence-corrected chi connectivity index (χ3v) is 16.1. The summed E-state index contributed by atoms with van der Waals surface area (Å²) in [5.41, 5.74) is -4.23. The van der Waals surface area contributed by atoms with Crippen molar-refractivity contribution in [2.24, 2.45) is 40.9 Å². The molecular weight excluding hydrogens is 1350 g/mol. The number of amides is 2. The van der Waals surface area contributed by atoms with Crippen molar-refractivity contribution in [3.8, 4) is 11.5 Å². The molecule has 0 radical (unpaired) electrons. The average Bonchev–Trinajstić information content (AvgIpc) is 3.57. The Balaban J connectivity index is 0.00000440. The normalized spacial score (nSPS) is 12.2. The monoisotopic (exact) mass is 1370 g/mol. The Bertz CT molecular complexity index is 4560. The Kier molecular flexibility index (Phi) is 29.7. The predicted molar refractivity (Wildman–Crippen MR) is 274 cm³/mol. The standard InChI is InChI=1S/C45H32N10O21S6.6Na/c56-37-19-23-17-27(5-13-33(23)43(81(71,72)73)41(37)54-52-35-15-7-29(21-39(35)79(65,66)67)50-48-25-1-9-31(10-2-25)77(59,60)61)46-45(58)47-28-6-14-34-24(18-28)20-38(57)42(44(34)82(74,75)76)55-53-36-16-8-30(22-40(36)80(68,69)70)51-49-26-3-11-32(12-4-26)78(62,63)64;;;;;;/h1-22,56-57H,(H2,46,47,58)(H,59,60,61)(H,62,63,64)(H,65,66,67)(H,68,69,70)(H,71,72,73)(H,74,75,76);;;;;;/q;6*+1/p-6. The summed E-state index contributed by atoms with van der Waals surface area (Å²) in [4.78, 5) is 7.58. The van der Waals surface area contributed by atoms with E-state index in [-0.39, 0.29) is 222 Å². The molecule has 0 aliphatic rings. The van der Waals surface area contributed by atoms with Crippen LogP contribution in [0.4, 0.5) is 61.7 Å². The molecule has 0 spiro atoms. The van der Waals surface area contributed by atoms with Gasteiger partial charge < -0.3 is 48.2 Å². The number of hydrogen-bond donors (Lipinski definition) is 4. The minimum absolute atomic E-state index is 0. The largest absolute Gasteiger partial charge is 1.00 e. The van der Waals surface area contributed by atoms with Gasteiger partial charge in [-0.05, 0) is 132 Å². The molecule has 0 fully saturated rings. The number of azo groups is 4. The third-order valence-electron chi connectivity index (χ3n) is 10.9. The van der Waals surface area contributed by atoms with Gasteiger partial charge in [-0.1, -0.05) is 12.1 Å². The number of anilines is 2. The first-order valence-electron chi connectivity index (χ1n) is 21.7. The first kappa shape index (κ1) is 81.1. The Hall–Kier alpha value is -2.99. The minimum atomic E-state index is -5.59. The zero-order valence-corrected chi connectivity index (χ0v) is 62.8. The van der Waals surface area contributed by atoms with E-state index in [0.717, 1.165) is 121 Å². The van der Waals surface area contributed by atoms with E-state index in [2.05, 4.69) is 51.5 Å². The van der Waals surface area contributed by atoms with Crippen molar-refractivity contribution in [3.63, 3.8) is 0 Å². The molecule has 0 saturated heterocycles. The molecule has 0 bridgehead atoms. The zero-order chi connectivity index (χ0) is 59.9. The maximum atomic E-state index is 13.2. The fourth-order valence-corrected chi connectivity index (χ4v) is 11.2. The van der Waals surface area contributed by atoms with E-state index in [1.54, 1.807) is 0 Å². The van der Waals surface area contributed by atoms with E-state index in [1.165, 1.54) is 0 Å². The van der Waals surface area contributed by atoms with Crippen LogP contribution in [-0.2, 0) is 60.7 Å². The molecule has 8 aromatic carbocycles. The number of phenols is 2. The van der Waals surface area contributed by atoms with E-state index in [9.17, 15) is 92.8 Å². The third kappa shape index (κ3) is 20.5. The summed E-state index contributed by atoms with van der Waals surface area (Å²) in [6.45, 7) is 0. The molecule has 0 saturated carbocycles. The van der Waals surface area contributed by atoms with Crippen LogP contribution in [0.2, 0.25) is 0 Å². The van der Waals surface area contributed by atoms with Crippen LogP contribution in [-0.4, -0.2) is 94.1 Å². The summed E-state index contributed by atoms with van der Waals surface area (Å²) in [5, 5.41) is 54.9. The number of urea groups is 1. The summed E-state index contributed by atoms with van der Waals surface area (Å²) in [5.74, 6) is -2.05. The first-order valence-corrected chi connectivity index (χ1v) is 30.2. The van der Waals surface area contributed by atoms with E-state index >= 15 is 0 Å². The van der Waals surface area contributed by atoms with Crippen molar-refractivity contribution in [3.05, 3.63) is 133 Å². The van der Waals surface area contributed by atoms with E-state index in [4.69, 9.17) is 0 Å². The van der Waals surface area contributed by atoms with Gasteiger partial charge in [0.05, 0.1) is 52.1 Å².